The maximum Gasteiger partial charge on any atom is 0.226 e. The summed E-state index contributed by atoms with van der Waals surface area (Å²) >= 11 is 3.43. The van der Waals surface area contributed by atoms with Crippen molar-refractivity contribution in [2.24, 2.45) is 5.92 Å². The van der Waals surface area contributed by atoms with Crippen LogP contribution >= 0.6 is 15.9 Å². The van der Waals surface area contributed by atoms with Gasteiger partial charge in [0.25, 0.3) is 0 Å². The largest absolute Gasteiger partial charge is 0.343 e. The minimum atomic E-state index is 0.198. The number of rotatable bonds is 3. The lowest BCUT2D eigenvalue weighted by Gasteiger charge is -2.21. The first kappa shape index (κ1) is 12.6. The third-order valence-corrected chi connectivity index (χ3v) is 4.06. The SMILES string of the molecule is CC(C)N(C)C(=O)[C@H]1C[C@H]1c1ccc(Br)cc1. The smallest absolute Gasteiger partial charge is 0.226 e. The van der Waals surface area contributed by atoms with Crippen LogP contribution in [0.25, 0.3) is 0 Å². The van der Waals surface area contributed by atoms with E-state index >= 15 is 0 Å². The fraction of sp³-hybridized carbons (Fsp3) is 0.500. The molecule has 1 aliphatic rings. The fourth-order valence-electron chi connectivity index (χ4n) is 2.06. The minimum Gasteiger partial charge on any atom is -0.343 e. The second kappa shape index (κ2) is 4.81. The predicted molar refractivity (Wildman–Crippen MR) is 72.9 cm³/mol. The number of carbonyl (C=O) groups excluding carboxylic acids is 1. The monoisotopic (exact) mass is 295 g/mol. The first-order valence-electron chi connectivity index (χ1n) is 6.03. The summed E-state index contributed by atoms with van der Waals surface area (Å²) in [4.78, 5) is 14.0. The van der Waals surface area contributed by atoms with Crippen molar-refractivity contribution in [1.29, 1.82) is 0 Å². The molecule has 2 atom stereocenters. The lowest BCUT2D eigenvalue weighted by molar-refractivity contribution is -0.132. The van der Waals surface area contributed by atoms with Crippen LogP contribution in [0.15, 0.2) is 28.7 Å². The average Bonchev–Trinajstić information content (AvgIpc) is 3.08. The Morgan fingerprint density at radius 3 is 2.47 bits per heavy atom. The Hall–Kier alpha value is -0.830. The van der Waals surface area contributed by atoms with E-state index in [1.165, 1.54) is 5.56 Å². The van der Waals surface area contributed by atoms with Gasteiger partial charge in [0.2, 0.25) is 5.91 Å². The van der Waals surface area contributed by atoms with Crippen molar-refractivity contribution in [2.45, 2.75) is 32.2 Å². The molecule has 1 fully saturated rings. The first-order chi connectivity index (χ1) is 8.00. The molecule has 0 unspecified atom stereocenters. The van der Waals surface area contributed by atoms with E-state index in [1.54, 1.807) is 0 Å². The molecule has 1 amide bonds. The van der Waals surface area contributed by atoms with Crippen LogP contribution in [0.3, 0.4) is 0 Å². The average molecular weight is 296 g/mol. The van der Waals surface area contributed by atoms with E-state index in [1.807, 2.05) is 24.1 Å². The quantitative estimate of drug-likeness (QED) is 0.837. The molecule has 1 aliphatic carbocycles. The Balaban J connectivity index is 2.01. The lowest BCUT2D eigenvalue weighted by atomic mass is 10.1. The van der Waals surface area contributed by atoms with Gasteiger partial charge >= 0.3 is 0 Å². The molecule has 0 heterocycles. The van der Waals surface area contributed by atoms with E-state index in [4.69, 9.17) is 0 Å². The molecule has 1 saturated carbocycles. The van der Waals surface area contributed by atoms with Gasteiger partial charge in [-0.05, 0) is 43.9 Å². The molecule has 0 aliphatic heterocycles. The fourth-order valence-corrected chi connectivity index (χ4v) is 2.33. The van der Waals surface area contributed by atoms with Crippen molar-refractivity contribution in [3.05, 3.63) is 34.3 Å². The van der Waals surface area contributed by atoms with Crippen molar-refractivity contribution in [2.75, 3.05) is 7.05 Å². The van der Waals surface area contributed by atoms with Crippen LogP contribution in [-0.2, 0) is 4.79 Å². The van der Waals surface area contributed by atoms with Crippen LogP contribution in [-0.4, -0.2) is 23.9 Å². The second-order valence-corrected chi connectivity index (χ2v) is 5.96. The summed E-state index contributed by atoms with van der Waals surface area (Å²) in [6.45, 7) is 4.10. The molecule has 2 nitrogen and oxygen atoms in total. The zero-order valence-corrected chi connectivity index (χ0v) is 12.1. The molecule has 0 radical (unpaired) electrons. The Bertz CT molecular complexity index is 413. The van der Waals surface area contributed by atoms with Gasteiger partial charge in [-0.3, -0.25) is 4.79 Å². The van der Waals surface area contributed by atoms with Crippen LogP contribution in [0.2, 0.25) is 0 Å². The van der Waals surface area contributed by atoms with E-state index in [0.29, 0.717) is 5.92 Å². The molecule has 92 valence electrons. The van der Waals surface area contributed by atoms with Crippen LogP contribution in [0, 0.1) is 5.92 Å². The first-order valence-corrected chi connectivity index (χ1v) is 6.82. The van der Waals surface area contributed by atoms with Crippen molar-refractivity contribution in [1.82, 2.24) is 4.90 Å². The summed E-state index contributed by atoms with van der Waals surface area (Å²) in [6.07, 6.45) is 0.998. The molecule has 3 heteroatoms. The number of hydrogen-bond donors (Lipinski definition) is 0. The van der Waals surface area contributed by atoms with Crippen LogP contribution in [0.4, 0.5) is 0 Å². The van der Waals surface area contributed by atoms with Gasteiger partial charge in [0, 0.05) is 23.5 Å². The number of nitrogens with zero attached hydrogens (tertiary/aromatic N) is 1. The van der Waals surface area contributed by atoms with Crippen LogP contribution in [0.1, 0.15) is 31.7 Å². The summed E-state index contributed by atoms with van der Waals surface area (Å²) in [5, 5.41) is 0. The van der Waals surface area contributed by atoms with Gasteiger partial charge < -0.3 is 4.90 Å². The molecule has 0 aromatic heterocycles. The standard InChI is InChI=1S/C14H18BrNO/c1-9(2)16(3)14(17)13-8-12(13)10-4-6-11(15)7-5-10/h4-7,9,12-13H,8H2,1-3H3/t12-,13-/m0/s1. The van der Waals surface area contributed by atoms with Gasteiger partial charge in [-0.15, -0.1) is 0 Å². The number of hydrogen-bond acceptors (Lipinski definition) is 1. The Labute approximate surface area is 111 Å². The van der Waals surface area contributed by atoms with Gasteiger partial charge in [0.15, 0.2) is 0 Å². The number of carbonyl (C=O) groups is 1. The van der Waals surface area contributed by atoms with Crippen molar-refractivity contribution >= 4 is 21.8 Å². The maximum absolute atomic E-state index is 12.1. The minimum absolute atomic E-state index is 0.198. The van der Waals surface area contributed by atoms with E-state index in [-0.39, 0.29) is 17.9 Å². The van der Waals surface area contributed by atoms with Gasteiger partial charge in [0.1, 0.15) is 0 Å². The molecular weight excluding hydrogens is 278 g/mol. The number of benzene rings is 1. The van der Waals surface area contributed by atoms with Gasteiger partial charge in [0.05, 0.1) is 0 Å². The van der Waals surface area contributed by atoms with Crippen LogP contribution < -0.4 is 0 Å². The Kier molecular flexibility index (Phi) is 3.57. The third kappa shape index (κ3) is 2.71. The van der Waals surface area contributed by atoms with E-state index in [2.05, 4.69) is 41.9 Å². The number of amides is 1. The second-order valence-electron chi connectivity index (χ2n) is 5.04. The topological polar surface area (TPSA) is 20.3 Å². The molecule has 0 spiro atoms. The predicted octanol–water partition coefficient (Wildman–Crippen LogP) is 3.42. The molecule has 1 aromatic carbocycles. The highest BCUT2D eigenvalue weighted by molar-refractivity contribution is 9.10. The van der Waals surface area contributed by atoms with Crippen LogP contribution in [0.5, 0.6) is 0 Å². The summed E-state index contributed by atoms with van der Waals surface area (Å²) in [5.41, 5.74) is 1.28. The van der Waals surface area contributed by atoms with E-state index in [0.717, 1.165) is 10.9 Å². The summed E-state index contributed by atoms with van der Waals surface area (Å²) < 4.78 is 1.09. The molecule has 1 aromatic rings. The molecule has 2 rings (SSSR count). The lowest BCUT2D eigenvalue weighted by Crippen LogP contribution is -2.34. The Morgan fingerprint density at radius 2 is 1.94 bits per heavy atom. The zero-order chi connectivity index (χ0) is 12.6. The molecule has 0 saturated heterocycles. The normalized spacial score (nSPS) is 22.6. The molecule has 0 bridgehead atoms. The van der Waals surface area contributed by atoms with E-state index in [9.17, 15) is 4.79 Å². The summed E-state index contributed by atoms with van der Waals surface area (Å²) in [6, 6.07) is 8.59. The van der Waals surface area contributed by atoms with Gasteiger partial charge in [-0.2, -0.15) is 0 Å². The summed E-state index contributed by atoms with van der Waals surface area (Å²) in [7, 11) is 1.89. The number of halogens is 1. The van der Waals surface area contributed by atoms with Crippen molar-refractivity contribution < 1.29 is 4.79 Å². The highest BCUT2D eigenvalue weighted by Crippen LogP contribution is 2.48. The van der Waals surface area contributed by atoms with Crippen molar-refractivity contribution in [3.8, 4) is 0 Å². The summed E-state index contributed by atoms with van der Waals surface area (Å²) in [5.74, 6) is 0.910. The third-order valence-electron chi connectivity index (χ3n) is 3.53. The van der Waals surface area contributed by atoms with Crippen molar-refractivity contribution in [3.63, 3.8) is 0 Å². The van der Waals surface area contributed by atoms with Gasteiger partial charge in [-0.25, -0.2) is 0 Å². The highest BCUT2D eigenvalue weighted by atomic mass is 79.9. The van der Waals surface area contributed by atoms with E-state index < -0.39 is 0 Å². The molecule has 17 heavy (non-hydrogen) atoms. The highest BCUT2D eigenvalue weighted by Gasteiger charge is 2.45. The molecule has 0 N–H and O–H groups in total. The van der Waals surface area contributed by atoms with Gasteiger partial charge in [-0.1, -0.05) is 28.1 Å². The Morgan fingerprint density at radius 1 is 1.35 bits per heavy atom. The maximum atomic E-state index is 12.1. The zero-order valence-electron chi connectivity index (χ0n) is 10.5. The molecular formula is C14H18BrNO.